The Labute approximate surface area is 116 Å². The number of benzene rings is 1. The maximum atomic E-state index is 13.3. The van der Waals surface area contributed by atoms with Gasteiger partial charge in [0.25, 0.3) is 0 Å². The van der Waals surface area contributed by atoms with E-state index in [0.717, 1.165) is 17.9 Å². The number of anilines is 1. The number of ether oxygens (including phenoxy) is 1. The summed E-state index contributed by atoms with van der Waals surface area (Å²) < 4.78 is 23.5. The van der Waals surface area contributed by atoms with Gasteiger partial charge >= 0.3 is 5.97 Å². The quantitative estimate of drug-likeness (QED) is 0.851. The van der Waals surface area contributed by atoms with Crippen LogP contribution in [-0.2, 0) is 17.7 Å². The van der Waals surface area contributed by atoms with Gasteiger partial charge in [-0.2, -0.15) is 0 Å². The lowest BCUT2D eigenvalue weighted by atomic mass is 10.1. The number of halogens is 1. The second kappa shape index (κ2) is 6.23. The summed E-state index contributed by atoms with van der Waals surface area (Å²) in [6, 6.07) is 7.62. The van der Waals surface area contributed by atoms with Crippen LogP contribution < -0.4 is 5.32 Å². The summed E-state index contributed by atoms with van der Waals surface area (Å²) in [6.45, 7) is 2.37. The molecule has 1 aromatic carbocycles. The van der Waals surface area contributed by atoms with Crippen LogP contribution in [-0.4, -0.2) is 13.1 Å². The van der Waals surface area contributed by atoms with Crippen molar-refractivity contribution in [3.05, 3.63) is 53.2 Å². The van der Waals surface area contributed by atoms with Gasteiger partial charge in [-0.3, -0.25) is 0 Å². The standard InChI is InChI=1S/C15H16FNO3/c1-3-11-5-6-12(20-11)9-17-14-8-10(16)4-7-13(14)15(18)19-2/h4-8,17H,3,9H2,1-2H3. The first-order valence-corrected chi connectivity index (χ1v) is 6.33. The molecule has 0 saturated heterocycles. The van der Waals surface area contributed by atoms with E-state index in [2.05, 4.69) is 10.1 Å². The second-order valence-electron chi connectivity index (χ2n) is 4.26. The van der Waals surface area contributed by atoms with Gasteiger partial charge in [-0.05, 0) is 30.3 Å². The van der Waals surface area contributed by atoms with E-state index < -0.39 is 11.8 Å². The Hall–Kier alpha value is -2.30. The minimum Gasteiger partial charge on any atom is -0.465 e. The fraction of sp³-hybridized carbons (Fsp3) is 0.267. The van der Waals surface area contributed by atoms with E-state index >= 15 is 0 Å². The number of carbonyl (C=O) groups is 1. The van der Waals surface area contributed by atoms with Crippen molar-refractivity contribution in [3.8, 4) is 0 Å². The summed E-state index contributed by atoms with van der Waals surface area (Å²) in [6.07, 6.45) is 0.813. The summed E-state index contributed by atoms with van der Waals surface area (Å²) in [5, 5.41) is 2.99. The lowest BCUT2D eigenvalue weighted by molar-refractivity contribution is 0.0601. The summed E-state index contributed by atoms with van der Waals surface area (Å²) in [4.78, 5) is 11.6. The molecule has 4 nitrogen and oxygen atoms in total. The zero-order valence-corrected chi connectivity index (χ0v) is 11.4. The molecule has 0 spiro atoms. The number of methoxy groups -OCH3 is 1. The van der Waals surface area contributed by atoms with E-state index in [9.17, 15) is 9.18 Å². The Morgan fingerprint density at radius 2 is 2.05 bits per heavy atom. The van der Waals surface area contributed by atoms with Gasteiger partial charge in [0.05, 0.1) is 24.9 Å². The average molecular weight is 277 g/mol. The topological polar surface area (TPSA) is 51.5 Å². The van der Waals surface area contributed by atoms with Crippen molar-refractivity contribution in [1.82, 2.24) is 0 Å². The first-order chi connectivity index (χ1) is 9.63. The fourth-order valence-electron chi connectivity index (χ4n) is 1.84. The maximum Gasteiger partial charge on any atom is 0.339 e. The average Bonchev–Trinajstić information content (AvgIpc) is 2.92. The van der Waals surface area contributed by atoms with Crippen LogP contribution in [0.2, 0.25) is 0 Å². The number of hydrogen-bond donors (Lipinski definition) is 1. The smallest absolute Gasteiger partial charge is 0.339 e. The number of furan rings is 1. The Morgan fingerprint density at radius 1 is 1.30 bits per heavy atom. The predicted octanol–water partition coefficient (Wildman–Crippen LogP) is 3.38. The minimum absolute atomic E-state index is 0.288. The molecule has 0 amide bonds. The van der Waals surface area contributed by atoms with Crippen molar-refractivity contribution in [3.63, 3.8) is 0 Å². The molecule has 2 aromatic rings. The fourth-order valence-corrected chi connectivity index (χ4v) is 1.84. The molecule has 1 heterocycles. The molecule has 106 valence electrons. The van der Waals surface area contributed by atoms with Crippen LogP contribution in [0.25, 0.3) is 0 Å². The molecule has 5 heteroatoms. The van der Waals surface area contributed by atoms with Crippen LogP contribution >= 0.6 is 0 Å². The first-order valence-electron chi connectivity index (χ1n) is 6.33. The Kier molecular flexibility index (Phi) is 4.40. The third-order valence-electron chi connectivity index (χ3n) is 2.91. The van der Waals surface area contributed by atoms with Crippen molar-refractivity contribution in [1.29, 1.82) is 0 Å². The van der Waals surface area contributed by atoms with E-state index in [-0.39, 0.29) is 5.56 Å². The van der Waals surface area contributed by atoms with Crippen molar-refractivity contribution in [2.24, 2.45) is 0 Å². The van der Waals surface area contributed by atoms with E-state index in [0.29, 0.717) is 12.2 Å². The zero-order chi connectivity index (χ0) is 14.5. The number of rotatable bonds is 5. The molecule has 1 N–H and O–H groups in total. The minimum atomic E-state index is -0.513. The Bertz CT molecular complexity index is 607. The highest BCUT2D eigenvalue weighted by Gasteiger charge is 2.13. The lowest BCUT2D eigenvalue weighted by Gasteiger charge is -2.09. The third kappa shape index (κ3) is 3.17. The highest BCUT2D eigenvalue weighted by Crippen LogP contribution is 2.19. The van der Waals surface area contributed by atoms with Crippen LogP contribution in [0, 0.1) is 5.82 Å². The summed E-state index contributed by atoms with van der Waals surface area (Å²) in [5.74, 6) is 0.672. The van der Waals surface area contributed by atoms with E-state index in [1.165, 1.54) is 25.3 Å². The maximum absolute atomic E-state index is 13.3. The van der Waals surface area contributed by atoms with Gasteiger partial charge in [-0.25, -0.2) is 9.18 Å². The molecule has 0 aliphatic carbocycles. The van der Waals surface area contributed by atoms with Gasteiger partial charge in [0.2, 0.25) is 0 Å². The van der Waals surface area contributed by atoms with Crippen molar-refractivity contribution < 1.29 is 18.3 Å². The number of nitrogens with one attached hydrogen (secondary N) is 1. The predicted molar refractivity (Wildman–Crippen MR) is 73.2 cm³/mol. The highest BCUT2D eigenvalue weighted by molar-refractivity contribution is 5.95. The van der Waals surface area contributed by atoms with E-state index in [4.69, 9.17) is 4.42 Å². The summed E-state index contributed by atoms with van der Waals surface area (Å²) >= 11 is 0. The Balaban J connectivity index is 2.15. The number of esters is 1. The van der Waals surface area contributed by atoms with Gasteiger partial charge in [0, 0.05) is 6.42 Å². The molecule has 0 aliphatic rings. The molecule has 0 unspecified atom stereocenters. The lowest BCUT2D eigenvalue weighted by Crippen LogP contribution is -2.08. The second-order valence-corrected chi connectivity index (χ2v) is 4.26. The summed E-state index contributed by atoms with van der Waals surface area (Å²) in [7, 11) is 1.29. The molecule has 0 atom stereocenters. The van der Waals surface area contributed by atoms with Gasteiger partial charge in [0.15, 0.2) is 0 Å². The summed E-state index contributed by atoms with van der Waals surface area (Å²) in [5.41, 5.74) is 0.669. The van der Waals surface area contributed by atoms with Gasteiger partial charge in [-0.1, -0.05) is 6.92 Å². The molecule has 0 bridgehead atoms. The molecule has 1 aromatic heterocycles. The molecular weight excluding hydrogens is 261 g/mol. The molecule has 20 heavy (non-hydrogen) atoms. The zero-order valence-electron chi connectivity index (χ0n) is 11.4. The number of hydrogen-bond acceptors (Lipinski definition) is 4. The van der Waals surface area contributed by atoms with Gasteiger partial charge in [-0.15, -0.1) is 0 Å². The molecule has 2 rings (SSSR count). The van der Waals surface area contributed by atoms with Crippen LogP contribution in [0.3, 0.4) is 0 Å². The van der Waals surface area contributed by atoms with Gasteiger partial charge in [0.1, 0.15) is 17.3 Å². The molecule has 0 fully saturated rings. The highest BCUT2D eigenvalue weighted by atomic mass is 19.1. The van der Waals surface area contributed by atoms with Crippen LogP contribution in [0.4, 0.5) is 10.1 Å². The van der Waals surface area contributed by atoms with Crippen molar-refractivity contribution in [2.45, 2.75) is 19.9 Å². The molecule has 0 aliphatic heterocycles. The largest absolute Gasteiger partial charge is 0.465 e. The molecular formula is C15H16FNO3. The SMILES string of the molecule is CCc1ccc(CNc2cc(F)ccc2C(=O)OC)o1. The van der Waals surface area contributed by atoms with E-state index in [1.807, 2.05) is 19.1 Å². The molecule has 0 radical (unpaired) electrons. The van der Waals surface area contributed by atoms with Crippen molar-refractivity contribution >= 4 is 11.7 Å². The van der Waals surface area contributed by atoms with Crippen LogP contribution in [0.5, 0.6) is 0 Å². The first kappa shape index (κ1) is 14.1. The monoisotopic (exact) mass is 277 g/mol. The van der Waals surface area contributed by atoms with Crippen LogP contribution in [0.15, 0.2) is 34.7 Å². The van der Waals surface area contributed by atoms with Crippen LogP contribution in [0.1, 0.15) is 28.8 Å². The Morgan fingerprint density at radius 3 is 2.70 bits per heavy atom. The van der Waals surface area contributed by atoms with E-state index in [1.54, 1.807) is 0 Å². The van der Waals surface area contributed by atoms with Crippen molar-refractivity contribution in [2.75, 3.05) is 12.4 Å². The molecule has 0 saturated carbocycles. The number of carbonyl (C=O) groups excluding carboxylic acids is 1. The normalized spacial score (nSPS) is 10.3. The number of aryl methyl sites for hydroxylation is 1. The van der Waals surface area contributed by atoms with Gasteiger partial charge < -0.3 is 14.5 Å². The third-order valence-corrected chi connectivity index (χ3v) is 2.91.